The molecule has 4 aliphatic carbocycles. The van der Waals surface area contributed by atoms with Crippen molar-refractivity contribution in [2.75, 3.05) is 6.61 Å². The van der Waals surface area contributed by atoms with Gasteiger partial charge in [-0.1, -0.05) is 25.5 Å². The summed E-state index contributed by atoms with van der Waals surface area (Å²) in [6, 6.07) is 0. The Balaban J connectivity index is 1.64. The van der Waals surface area contributed by atoms with Gasteiger partial charge in [0.15, 0.2) is 5.78 Å². The van der Waals surface area contributed by atoms with Crippen molar-refractivity contribution in [2.24, 2.45) is 34.5 Å². The zero-order chi connectivity index (χ0) is 17.1. The minimum absolute atomic E-state index is 0.0671. The lowest BCUT2D eigenvalue weighted by molar-refractivity contribution is -0.132. The molecule has 0 unspecified atom stereocenters. The Labute approximate surface area is 145 Å². The Kier molecular flexibility index (Phi) is 3.96. The molecule has 0 spiro atoms. The van der Waals surface area contributed by atoms with Crippen molar-refractivity contribution in [1.82, 2.24) is 0 Å². The normalized spacial score (nSPS) is 50.5. The summed E-state index contributed by atoms with van der Waals surface area (Å²) in [6.45, 7) is 4.47. The molecular formula is C21H32O3. The smallest absolute Gasteiger partial charge is 0.161 e. The highest BCUT2D eigenvalue weighted by atomic mass is 16.3. The molecule has 0 aromatic heterocycles. The molecule has 24 heavy (non-hydrogen) atoms. The lowest BCUT2D eigenvalue weighted by Gasteiger charge is -2.57. The molecule has 3 heteroatoms. The summed E-state index contributed by atoms with van der Waals surface area (Å²) in [7, 11) is 0. The minimum atomic E-state index is -0.291. The maximum absolute atomic E-state index is 12.3. The van der Waals surface area contributed by atoms with E-state index in [9.17, 15) is 15.0 Å². The Bertz CT molecular complexity index is 567. The number of hydrogen-bond acceptors (Lipinski definition) is 3. The Hall–Kier alpha value is -0.670. The first kappa shape index (κ1) is 16.8. The van der Waals surface area contributed by atoms with Gasteiger partial charge in [-0.2, -0.15) is 0 Å². The van der Waals surface area contributed by atoms with Gasteiger partial charge < -0.3 is 10.2 Å². The van der Waals surface area contributed by atoms with Crippen LogP contribution in [0.3, 0.4) is 0 Å². The van der Waals surface area contributed by atoms with Crippen molar-refractivity contribution >= 4 is 5.78 Å². The first-order valence-corrected chi connectivity index (χ1v) is 9.91. The summed E-state index contributed by atoms with van der Waals surface area (Å²) in [4.78, 5) is 12.3. The van der Waals surface area contributed by atoms with Crippen LogP contribution in [0, 0.1) is 34.5 Å². The highest BCUT2D eigenvalue weighted by Gasteiger charge is 2.59. The van der Waals surface area contributed by atoms with Crippen LogP contribution in [0.1, 0.15) is 65.2 Å². The van der Waals surface area contributed by atoms with Gasteiger partial charge in [0.2, 0.25) is 0 Å². The number of hydrogen-bond donors (Lipinski definition) is 2. The van der Waals surface area contributed by atoms with Gasteiger partial charge in [-0.15, -0.1) is 0 Å². The topological polar surface area (TPSA) is 57.5 Å². The Morgan fingerprint density at radius 1 is 1.17 bits per heavy atom. The van der Waals surface area contributed by atoms with Crippen molar-refractivity contribution in [3.05, 3.63) is 11.6 Å². The number of ketones is 1. The lowest BCUT2D eigenvalue weighted by Crippen LogP contribution is -2.51. The van der Waals surface area contributed by atoms with E-state index < -0.39 is 0 Å². The molecule has 4 aliphatic rings. The number of fused-ring (bicyclic) bond motifs is 5. The van der Waals surface area contributed by atoms with E-state index in [0.29, 0.717) is 17.8 Å². The molecule has 0 heterocycles. The van der Waals surface area contributed by atoms with Gasteiger partial charge in [-0.05, 0) is 80.0 Å². The second-order valence-electron chi connectivity index (χ2n) is 9.45. The predicted molar refractivity (Wildman–Crippen MR) is 93.3 cm³/mol. The summed E-state index contributed by atoms with van der Waals surface area (Å²) in [5.41, 5.74) is 1.87. The summed E-state index contributed by atoms with van der Waals surface area (Å²) >= 11 is 0. The highest BCUT2D eigenvalue weighted by molar-refractivity contribution is 5.83. The average molecular weight is 332 g/mol. The first-order valence-electron chi connectivity index (χ1n) is 9.91. The molecule has 0 aromatic carbocycles. The van der Waals surface area contributed by atoms with E-state index in [1.54, 1.807) is 0 Å². The van der Waals surface area contributed by atoms with E-state index in [-0.39, 0.29) is 35.2 Å². The van der Waals surface area contributed by atoms with Crippen LogP contribution < -0.4 is 0 Å². The molecular weight excluding hydrogens is 300 g/mol. The second-order valence-corrected chi connectivity index (χ2v) is 9.45. The van der Waals surface area contributed by atoms with Crippen LogP contribution in [0.2, 0.25) is 0 Å². The fourth-order valence-electron chi connectivity index (χ4n) is 7.28. The molecule has 0 radical (unpaired) electrons. The predicted octanol–water partition coefficient (Wildman–Crippen LogP) is 3.49. The Morgan fingerprint density at radius 3 is 2.71 bits per heavy atom. The van der Waals surface area contributed by atoms with Crippen LogP contribution in [-0.4, -0.2) is 28.7 Å². The van der Waals surface area contributed by atoms with Gasteiger partial charge in [-0.25, -0.2) is 0 Å². The van der Waals surface area contributed by atoms with E-state index in [1.165, 1.54) is 12.0 Å². The molecule has 0 aromatic rings. The SMILES string of the molecule is C[C@]12CC[C@@H]3[C@H](CC=C4C[C@H](O)CC[C@@]43C)[C@@H]1CC[C@@H]2C(=O)CO. The van der Waals surface area contributed by atoms with Gasteiger partial charge in [0.05, 0.1) is 6.10 Å². The van der Waals surface area contributed by atoms with Crippen molar-refractivity contribution in [1.29, 1.82) is 0 Å². The quantitative estimate of drug-likeness (QED) is 0.761. The van der Waals surface area contributed by atoms with Crippen molar-refractivity contribution < 1.29 is 15.0 Å². The van der Waals surface area contributed by atoms with Gasteiger partial charge in [-0.3, -0.25) is 4.79 Å². The molecule has 134 valence electrons. The number of carbonyl (C=O) groups is 1. The van der Waals surface area contributed by atoms with Crippen molar-refractivity contribution in [3.8, 4) is 0 Å². The summed E-state index contributed by atoms with van der Waals surface area (Å²) in [6.07, 6.45) is 10.8. The molecule has 0 amide bonds. The molecule has 0 aliphatic heterocycles. The zero-order valence-corrected chi connectivity index (χ0v) is 15.1. The van der Waals surface area contributed by atoms with Crippen LogP contribution in [0.25, 0.3) is 0 Å². The van der Waals surface area contributed by atoms with Crippen LogP contribution in [-0.2, 0) is 4.79 Å². The minimum Gasteiger partial charge on any atom is -0.393 e. The third-order valence-electron chi connectivity index (χ3n) is 8.62. The fourth-order valence-corrected chi connectivity index (χ4v) is 7.28. The summed E-state index contributed by atoms with van der Waals surface area (Å²) in [5.74, 6) is 2.16. The van der Waals surface area contributed by atoms with Gasteiger partial charge in [0, 0.05) is 5.92 Å². The van der Waals surface area contributed by atoms with E-state index in [1.807, 2.05) is 0 Å². The van der Waals surface area contributed by atoms with Gasteiger partial charge >= 0.3 is 0 Å². The van der Waals surface area contributed by atoms with Gasteiger partial charge in [0.1, 0.15) is 6.61 Å². The van der Waals surface area contributed by atoms with Crippen molar-refractivity contribution in [2.45, 2.75) is 71.3 Å². The summed E-state index contributed by atoms with van der Waals surface area (Å²) in [5, 5.41) is 19.4. The van der Waals surface area contributed by atoms with Crippen LogP contribution >= 0.6 is 0 Å². The largest absolute Gasteiger partial charge is 0.393 e. The molecule has 2 N–H and O–H groups in total. The maximum Gasteiger partial charge on any atom is 0.161 e. The third kappa shape index (κ3) is 2.20. The van der Waals surface area contributed by atoms with Crippen LogP contribution in [0.15, 0.2) is 11.6 Å². The van der Waals surface area contributed by atoms with E-state index >= 15 is 0 Å². The number of aliphatic hydroxyl groups is 2. The van der Waals surface area contributed by atoms with E-state index in [4.69, 9.17) is 0 Å². The summed E-state index contributed by atoms with van der Waals surface area (Å²) < 4.78 is 0. The molecule has 3 fully saturated rings. The van der Waals surface area contributed by atoms with Crippen LogP contribution in [0.4, 0.5) is 0 Å². The Morgan fingerprint density at radius 2 is 1.96 bits per heavy atom. The molecule has 3 nitrogen and oxygen atoms in total. The average Bonchev–Trinajstić information content (AvgIpc) is 2.92. The number of carbonyl (C=O) groups excluding carboxylic acids is 1. The molecule has 7 atom stereocenters. The maximum atomic E-state index is 12.3. The second kappa shape index (κ2) is 5.67. The molecule has 4 rings (SSSR count). The molecule has 0 saturated heterocycles. The molecule has 0 bridgehead atoms. The highest BCUT2D eigenvalue weighted by Crippen LogP contribution is 2.66. The third-order valence-corrected chi connectivity index (χ3v) is 8.62. The first-order chi connectivity index (χ1) is 11.4. The lowest BCUT2D eigenvalue weighted by atomic mass is 9.47. The number of aliphatic hydroxyl groups excluding tert-OH is 2. The number of allylic oxidation sites excluding steroid dienone is 1. The van der Waals surface area contributed by atoms with Crippen LogP contribution in [0.5, 0.6) is 0 Å². The van der Waals surface area contributed by atoms with Crippen molar-refractivity contribution in [3.63, 3.8) is 0 Å². The standard InChI is InChI=1S/C21H32O3/c1-20-9-7-14(23)11-13(20)3-4-15-16-5-6-18(19(24)12-22)21(16,2)10-8-17(15)20/h3,14-18,22-23H,4-12H2,1-2H3/t14-,15-,16+,17-,18-,20+,21+/m1/s1. The van der Waals surface area contributed by atoms with E-state index in [0.717, 1.165) is 44.9 Å². The fraction of sp³-hybridized carbons (Fsp3) is 0.857. The van der Waals surface area contributed by atoms with E-state index in [2.05, 4.69) is 19.9 Å². The zero-order valence-electron chi connectivity index (χ0n) is 15.1. The molecule has 3 saturated carbocycles. The van der Waals surface area contributed by atoms with Gasteiger partial charge in [0.25, 0.3) is 0 Å². The number of Topliss-reactive ketones (excluding diaryl/α,β-unsaturated/α-hetero) is 1. The monoisotopic (exact) mass is 332 g/mol. The number of rotatable bonds is 2.